The van der Waals surface area contributed by atoms with Crippen LogP contribution in [-0.2, 0) is 20.2 Å². The molecule has 1 aliphatic carbocycles. The van der Waals surface area contributed by atoms with Gasteiger partial charge in [-0.15, -0.1) is 0 Å². The first kappa shape index (κ1) is 27.3. The molecule has 0 unspecified atom stereocenters. The van der Waals surface area contributed by atoms with E-state index in [9.17, 15) is 31.0 Å². The molecule has 2 N–H and O–H groups in total. The molecule has 0 aliphatic heterocycles. The molecular formula is C25H26N2O7S2-2. The van der Waals surface area contributed by atoms with Crippen molar-refractivity contribution in [2.45, 2.75) is 37.5 Å². The zero-order chi connectivity index (χ0) is 26.8. The van der Waals surface area contributed by atoms with E-state index in [0.29, 0.717) is 30.3 Å². The molecule has 2 aromatic rings. The van der Waals surface area contributed by atoms with Crippen molar-refractivity contribution in [3.05, 3.63) is 76.4 Å². The van der Waals surface area contributed by atoms with Crippen LogP contribution in [0.25, 0.3) is 5.57 Å². The van der Waals surface area contributed by atoms with Gasteiger partial charge in [0.25, 0.3) is 0 Å². The summed E-state index contributed by atoms with van der Waals surface area (Å²) < 4.78 is 71.6. The smallest absolute Gasteiger partial charge is 0.133 e. The van der Waals surface area contributed by atoms with Gasteiger partial charge in [0.15, 0.2) is 0 Å². The number of nitrogens with one attached hydrogen (secondary N) is 1. The summed E-state index contributed by atoms with van der Waals surface area (Å²) in [6.07, 6.45) is 5.20. The summed E-state index contributed by atoms with van der Waals surface area (Å²) in [4.78, 5) is 2.28. The molecule has 11 heteroatoms. The van der Waals surface area contributed by atoms with Crippen LogP contribution in [0.1, 0.15) is 37.5 Å². The number of hydrogen-bond donors (Lipinski definition) is 2. The average Bonchev–Trinajstić information content (AvgIpc) is 2.76. The van der Waals surface area contributed by atoms with Crippen LogP contribution in [0.5, 0.6) is 5.75 Å². The van der Waals surface area contributed by atoms with Gasteiger partial charge in [-0.2, -0.15) is 0 Å². The normalized spacial score (nSPS) is 16.7. The van der Waals surface area contributed by atoms with Gasteiger partial charge in [0.2, 0.25) is 0 Å². The largest absolute Gasteiger partial charge is 0.744 e. The summed E-state index contributed by atoms with van der Waals surface area (Å²) in [5, 5.41) is 13.6. The minimum atomic E-state index is -5.26. The van der Waals surface area contributed by atoms with E-state index < -0.39 is 35.8 Å². The Morgan fingerprint density at radius 1 is 0.972 bits per heavy atom. The summed E-state index contributed by atoms with van der Waals surface area (Å²) in [7, 11) is -10.5. The minimum absolute atomic E-state index is 0.231. The molecule has 0 amide bonds. The Labute approximate surface area is 211 Å². The van der Waals surface area contributed by atoms with Crippen LogP contribution in [0.3, 0.4) is 0 Å². The molecule has 0 fully saturated rings. The maximum atomic E-state index is 12.3. The fraction of sp³-hybridized carbons (Fsp3) is 0.240. The van der Waals surface area contributed by atoms with Crippen molar-refractivity contribution in [3.63, 3.8) is 0 Å². The average molecular weight is 531 g/mol. The number of phenols is 1. The summed E-state index contributed by atoms with van der Waals surface area (Å²) in [6.45, 7) is 8.74. The van der Waals surface area contributed by atoms with E-state index >= 15 is 0 Å². The first-order valence-electron chi connectivity index (χ1n) is 11.1. The van der Waals surface area contributed by atoms with Crippen molar-refractivity contribution in [2.24, 2.45) is 4.99 Å². The van der Waals surface area contributed by atoms with E-state index in [2.05, 4.69) is 10.3 Å². The van der Waals surface area contributed by atoms with Gasteiger partial charge >= 0.3 is 0 Å². The lowest BCUT2D eigenvalue weighted by Crippen LogP contribution is -2.10. The monoisotopic (exact) mass is 530 g/mol. The highest BCUT2D eigenvalue weighted by molar-refractivity contribution is 7.86. The molecule has 9 nitrogen and oxygen atoms in total. The van der Waals surface area contributed by atoms with E-state index in [1.165, 1.54) is 0 Å². The molecule has 0 heterocycles. The number of aliphatic imine (C=N–C) groups is 1. The van der Waals surface area contributed by atoms with Crippen LogP contribution >= 0.6 is 0 Å². The lowest BCUT2D eigenvalue weighted by Gasteiger charge is -2.22. The van der Waals surface area contributed by atoms with Gasteiger partial charge in [-0.05, 0) is 92.0 Å². The number of aromatic hydroxyl groups is 1. The summed E-state index contributed by atoms with van der Waals surface area (Å²) in [6, 6.07) is 6.55. The van der Waals surface area contributed by atoms with Gasteiger partial charge in [0, 0.05) is 24.3 Å². The molecule has 192 valence electrons. The zero-order valence-corrected chi connectivity index (χ0v) is 21.8. The number of benzene rings is 2. The molecule has 0 atom stereocenters. The molecule has 2 aromatic carbocycles. The third-order valence-electron chi connectivity index (χ3n) is 5.57. The van der Waals surface area contributed by atoms with E-state index in [0.717, 1.165) is 28.6 Å². The fourth-order valence-electron chi connectivity index (χ4n) is 4.00. The fourth-order valence-corrected chi connectivity index (χ4v) is 5.34. The second kappa shape index (κ2) is 10.4. The van der Waals surface area contributed by atoms with Gasteiger partial charge < -0.3 is 19.5 Å². The van der Waals surface area contributed by atoms with Gasteiger partial charge in [0.1, 0.15) is 26.0 Å². The molecule has 0 radical (unpaired) electrons. The molecule has 0 bridgehead atoms. The molecule has 1 aliphatic rings. The Bertz CT molecular complexity index is 1550. The van der Waals surface area contributed by atoms with E-state index in [1.54, 1.807) is 36.4 Å². The lowest BCUT2D eigenvalue weighted by atomic mass is 9.88. The Hall–Kier alpha value is -3.25. The second-order valence-electron chi connectivity index (χ2n) is 8.13. The van der Waals surface area contributed by atoms with Crippen LogP contribution in [0.15, 0.2) is 74.5 Å². The minimum Gasteiger partial charge on any atom is -0.744 e. The highest BCUT2D eigenvalue weighted by Gasteiger charge is 2.23. The molecule has 0 aromatic heterocycles. The van der Waals surface area contributed by atoms with Crippen LogP contribution in [0.4, 0.5) is 5.69 Å². The Balaban J connectivity index is 2.46. The van der Waals surface area contributed by atoms with Crippen LogP contribution in [0, 0.1) is 6.92 Å². The predicted octanol–water partition coefficient (Wildman–Crippen LogP) is 3.72. The molecular weight excluding hydrogens is 504 g/mol. The van der Waals surface area contributed by atoms with E-state index in [1.807, 2.05) is 27.7 Å². The van der Waals surface area contributed by atoms with Crippen molar-refractivity contribution >= 4 is 37.2 Å². The lowest BCUT2D eigenvalue weighted by molar-refractivity contribution is 0.433. The van der Waals surface area contributed by atoms with Gasteiger partial charge in [-0.3, -0.25) is 4.99 Å². The Kier molecular flexibility index (Phi) is 7.89. The number of allylic oxidation sites excluding steroid dienone is 5. The predicted molar refractivity (Wildman–Crippen MR) is 136 cm³/mol. The van der Waals surface area contributed by atoms with E-state index in [-0.39, 0.29) is 11.1 Å². The SMILES string of the molecule is CCN=C1C=C/C(=C(\c2ccc(NCC)c(C)c2)c2cc(O)c(S(=O)(=O)[O-])cc2S(=O)(=O)[O-])C=C1C. The van der Waals surface area contributed by atoms with Crippen molar-refractivity contribution < 1.29 is 31.0 Å². The number of rotatable bonds is 7. The maximum Gasteiger partial charge on any atom is 0.133 e. The van der Waals surface area contributed by atoms with Crippen molar-refractivity contribution in [3.8, 4) is 5.75 Å². The van der Waals surface area contributed by atoms with Gasteiger partial charge in [0.05, 0.1) is 15.5 Å². The van der Waals surface area contributed by atoms with Gasteiger partial charge in [-0.1, -0.05) is 12.1 Å². The first-order chi connectivity index (χ1) is 16.8. The summed E-state index contributed by atoms with van der Waals surface area (Å²) in [5.41, 5.74) is 4.22. The van der Waals surface area contributed by atoms with Crippen LogP contribution < -0.4 is 5.32 Å². The Morgan fingerprint density at radius 3 is 2.17 bits per heavy atom. The quantitative estimate of drug-likeness (QED) is 0.512. The highest BCUT2D eigenvalue weighted by atomic mass is 32.2. The second-order valence-corrected chi connectivity index (χ2v) is 10.8. The molecule has 3 rings (SSSR count). The summed E-state index contributed by atoms with van der Waals surface area (Å²) >= 11 is 0. The molecule has 0 spiro atoms. The van der Waals surface area contributed by atoms with Crippen LogP contribution in [-0.4, -0.2) is 49.8 Å². The number of hydrogen-bond acceptors (Lipinski definition) is 9. The molecule has 0 saturated heterocycles. The van der Waals surface area contributed by atoms with Crippen LogP contribution in [0.2, 0.25) is 0 Å². The standard InChI is InChI=1S/C25H28N2O7S2/c1-5-26-20-9-7-17(11-15(20)3)25(18-8-10-21(27-6-2)16(4)12-18)19-13-22(28)24(36(32,33)34)14-23(19)35(29,30)31/h7-14,26,28H,5-6H2,1-4H3,(H,29,30,31)(H,32,33,34)/p-2/b25-18-,27-21?. The van der Waals surface area contributed by atoms with Crippen molar-refractivity contribution in [2.75, 3.05) is 18.4 Å². The number of phenolic OH excluding ortho intramolecular Hbond substituents is 1. The van der Waals surface area contributed by atoms with Crippen molar-refractivity contribution in [1.82, 2.24) is 0 Å². The first-order valence-corrected chi connectivity index (χ1v) is 13.9. The number of nitrogens with zero attached hydrogens (tertiary/aromatic N) is 1. The van der Waals surface area contributed by atoms with Crippen molar-refractivity contribution in [1.29, 1.82) is 0 Å². The number of anilines is 1. The summed E-state index contributed by atoms with van der Waals surface area (Å²) in [5.74, 6) is -0.958. The highest BCUT2D eigenvalue weighted by Crippen LogP contribution is 2.39. The Morgan fingerprint density at radius 2 is 1.64 bits per heavy atom. The van der Waals surface area contributed by atoms with E-state index in [4.69, 9.17) is 0 Å². The van der Waals surface area contributed by atoms with Gasteiger partial charge in [-0.25, -0.2) is 16.8 Å². The maximum absolute atomic E-state index is 12.3. The topological polar surface area (TPSA) is 159 Å². The third kappa shape index (κ3) is 5.76. The number of aryl methyl sites for hydroxylation is 1. The molecule has 0 saturated carbocycles. The third-order valence-corrected chi connectivity index (χ3v) is 7.31. The molecule has 36 heavy (non-hydrogen) atoms. The zero-order valence-electron chi connectivity index (χ0n) is 20.2.